The summed E-state index contributed by atoms with van der Waals surface area (Å²) >= 11 is 0. The molecule has 0 fully saturated rings. The molecule has 116 valence electrons. The molecule has 0 radical (unpaired) electrons. The molecule has 0 amide bonds. The first kappa shape index (κ1) is 16.5. The van der Waals surface area contributed by atoms with Crippen molar-refractivity contribution in [3.05, 3.63) is 48.4 Å². The number of rotatable bonds is 2. The van der Waals surface area contributed by atoms with Gasteiger partial charge in [-0.15, -0.1) is 12.4 Å². The van der Waals surface area contributed by atoms with Gasteiger partial charge in [-0.25, -0.2) is 0 Å². The van der Waals surface area contributed by atoms with Crippen LogP contribution in [0.25, 0.3) is 22.2 Å². The molecule has 1 atom stereocenters. The van der Waals surface area contributed by atoms with Gasteiger partial charge in [-0.2, -0.15) is 4.98 Å². The van der Waals surface area contributed by atoms with Gasteiger partial charge in [-0.05, 0) is 16.2 Å². The quantitative estimate of drug-likeness (QED) is 0.762. The second-order valence-electron chi connectivity index (χ2n) is 6.33. The molecule has 3 rings (SSSR count). The molecule has 0 spiro atoms. The van der Waals surface area contributed by atoms with Gasteiger partial charge >= 0.3 is 0 Å². The minimum absolute atomic E-state index is 0. The molecule has 0 aliphatic heterocycles. The Morgan fingerprint density at radius 3 is 2.45 bits per heavy atom. The van der Waals surface area contributed by atoms with Crippen LogP contribution < -0.4 is 5.73 Å². The van der Waals surface area contributed by atoms with E-state index in [1.807, 2.05) is 24.3 Å². The first-order valence-corrected chi connectivity index (χ1v) is 7.04. The van der Waals surface area contributed by atoms with E-state index in [0.717, 1.165) is 16.3 Å². The number of hydrogen-bond acceptors (Lipinski definition) is 4. The fraction of sp³-hybridized carbons (Fsp3) is 0.294. The van der Waals surface area contributed by atoms with Gasteiger partial charge in [0, 0.05) is 5.56 Å². The normalized spacial score (nSPS) is 12.9. The number of halogens is 1. The molecule has 4 nitrogen and oxygen atoms in total. The minimum atomic E-state index is -0.284. The van der Waals surface area contributed by atoms with E-state index in [1.54, 1.807) is 0 Å². The summed E-state index contributed by atoms with van der Waals surface area (Å²) in [5, 5.41) is 6.37. The number of fused-ring (bicyclic) bond motifs is 1. The second-order valence-corrected chi connectivity index (χ2v) is 6.33. The summed E-state index contributed by atoms with van der Waals surface area (Å²) in [4.78, 5) is 4.49. The average Bonchev–Trinajstić information content (AvgIpc) is 2.94. The molecule has 2 N–H and O–H groups in total. The van der Waals surface area contributed by atoms with E-state index >= 15 is 0 Å². The van der Waals surface area contributed by atoms with Gasteiger partial charge in [-0.3, -0.25) is 0 Å². The maximum absolute atomic E-state index is 6.18. The first-order valence-electron chi connectivity index (χ1n) is 7.04. The van der Waals surface area contributed by atoms with Crippen molar-refractivity contribution >= 4 is 23.2 Å². The zero-order chi connectivity index (χ0) is 15.0. The average molecular weight is 318 g/mol. The molecule has 0 bridgehead atoms. The smallest absolute Gasteiger partial charge is 0.244 e. The zero-order valence-electron chi connectivity index (χ0n) is 12.9. The van der Waals surface area contributed by atoms with Gasteiger partial charge in [0.2, 0.25) is 11.7 Å². The summed E-state index contributed by atoms with van der Waals surface area (Å²) in [6.07, 6.45) is 0. The molecular weight excluding hydrogens is 298 g/mol. The van der Waals surface area contributed by atoms with Crippen LogP contribution in [0, 0.1) is 5.41 Å². The van der Waals surface area contributed by atoms with Crippen molar-refractivity contribution in [1.82, 2.24) is 10.1 Å². The molecule has 0 unspecified atom stereocenters. The fourth-order valence-electron chi connectivity index (χ4n) is 2.26. The number of nitrogens with two attached hydrogens (primary N) is 1. The van der Waals surface area contributed by atoms with Crippen molar-refractivity contribution < 1.29 is 4.52 Å². The van der Waals surface area contributed by atoms with Gasteiger partial charge in [-0.1, -0.05) is 68.4 Å². The summed E-state index contributed by atoms with van der Waals surface area (Å²) in [6, 6.07) is 13.9. The molecule has 5 heteroatoms. The van der Waals surface area contributed by atoms with Gasteiger partial charge in [0.1, 0.15) is 0 Å². The van der Waals surface area contributed by atoms with Crippen molar-refractivity contribution in [2.45, 2.75) is 26.8 Å². The minimum Gasteiger partial charge on any atom is -0.337 e. The van der Waals surface area contributed by atoms with Crippen molar-refractivity contribution in [3.8, 4) is 11.4 Å². The lowest BCUT2D eigenvalue weighted by atomic mass is 9.87. The number of aromatic nitrogens is 2. The van der Waals surface area contributed by atoms with E-state index in [4.69, 9.17) is 10.3 Å². The number of nitrogens with zero attached hydrogens (tertiary/aromatic N) is 2. The molecule has 0 aliphatic rings. The van der Waals surface area contributed by atoms with Crippen molar-refractivity contribution in [2.75, 3.05) is 0 Å². The summed E-state index contributed by atoms with van der Waals surface area (Å²) < 4.78 is 5.37. The first-order chi connectivity index (χ1) is 9.97. The second kappa shape index (κ2) is 6.07. The maximum Gasteiger partial charge on any atom is 0.244 e. The molecule has 2 aromatic carbocycles. The van der Waals surface area contributed by atoms with E-state index < -0.39 is 0 Å². The van der Waals surface area contributed by atoms with E-state index in [2.05, 4.69) is 49.1 Å². The van der Waals surface area contributed by atoms with Gasteiger partial charge in [0.25, 0.3) is 0 Å². The third-order valence-electron chi connectivity index (χ3n) is 3.67. The Balaban J connectivity index is 0.00000176. The fourth-order valence-corrected chi connectivity index (χ4v) is 2.26. The lowest BCUT2D eigenvalue weighted by molar-refractivity contribution is 0.253. The van der Waals surface area contributed by atoms with E-state index in [-0.39, 0.29) is 23.9 Å². The molecule has 22 heavy (non-hydrogen) atoms. The Kier molecular flexibility index (Phi) is 4.54. The highest BCUT2D eigenvalue weighted by atomic mass is 35.5. The van der Waals surface area contributed by atoms with Crippen molar-refractivity contribution in [2.24, 2.45) is 11.1 Å². The van der Waals surface area contributed by atoms with Crippen LogP contribution in [0.15, 0.2) is 47.0 Å². The summed E-state index contributed by atoms with van der Waals surface area (Å²) in [6.45, 7) is 6.17. The van der Waals surface area contributed by atoms with Crippen LogP contribution in [0.2, 0.25) is 0 Å². The Morgan fingerprint density at radius 2 is 1.73 bits per heavy atom. The van der Waals surface area contributed by atoms with Crippen LogP contribution in [-0.2, 0) is 0 Å². The highest BCUT2D eigenvalue weighted by Crippen LogP contribution is 2.32. The van der Waals surface area contributed by atoms with E-state index in [1.165, 1.54) is 0 Å². The van der Waals surface area contributed by atoms with Crippen molar-refractivity contribution in [1.29, 1.82) is 0 Å². The van der Waals surface area contributed by atoms with Crippen LogP contribution in [0.4, 0.5) is 0 Å². The highest BCUT2D eigenvalue weighted by molar-refractivity contribution is 5.94. The topological polar surface area (TPSA) is 64.9 Å². The third kappa shape index (κ3) is 2.98. The molecule has 0 saturated carbocycles. The van der Waals surface area contributed by atoms with E-state index in [9.17, 15) is 0 Å². The summed E-state index contributed by atoms with van der Waals surface area (Å²) in [5.41, 5.74) is 7.02. The Labute approximate surface area is 136 Å². The zero-order valence-corrected chi connectivity index (χ0v) is 13.7. The van der Waals surface area contributed by atoms with Crippen LogP contribution in [-0.4, -0.2) is 10.1 Å². The van der Waals surface area contributed by atoms with Crippen LogP contribution in [0.3, 0.4) is 0 Å². The van der Waals surface area contributed by atoms with Gasteiger partial charge < -0.3 is 10.3 Å². The summed E-state index contributed by atoms with van der Waals surface area (Å²) in [5.74, 6) is 1.06. The Morgan fingerprint density at radius 1 is 1.05 bits per heavy atom. The molecule has 3 aromatic rings. The lowest BCUT2D eigenvalue weighted by Crippen LogP contribution is -2.26. The van der Waals surface area contributed by atoms with Gasteiger partial charge in [0.05, 0.1) is 6.04 Å². The van der Waals surface area contributed by atoms with Gasteiger partial charge in [0.15, 0.2) is 0 Å². The highest BCUT2D eigenvalue weighted by Gasteiger charge is 2.27. The number of benzene rings is 2. The van der Waals surface area contributed by atoms with Crippen molar-refractivity contribution in [3.63, 3.8) is 0 Å². The van der Waals surface area contributed by atoms with Crippen LogP contribution in [0.1, 0.15) is 32.7 Å². The Bertz CT molecular complexity index is 771. The standard InChI is InChI=1S/C17H19N3O.ClH/c1-17(2,3)14(18)16-19-15(20-21-16)13-10-6-8-11-7-4-5-9-12(11)13;/h4-10,14H,18H2,1-3H3;1H/t14-;/m1./s1. The largest absolute Gasteiger partial charge is 0.337 e. The molecule has 1 aromatic heterocycles. The SMILES string of the molecule is CC(C)(C)[C@H](N)c1nc(-c2cccc3ccccc23)no1.Cl. The lowest BCUT2D eigenvalue weighted by Gasteiger charge is -2.23. The van der Waals surface area contributed by atoms with Crippen LogP contribution >= 0.6 is 12.4 Å². The monoisotopic (exact) mass is 317 g/mol. The van der Waals surface area contributed by atoms with Crippen LogP contribution in [0.5, 0.6) is 0 Å². The molecule has 1 heterocycles. The molecule has 0 aliphatic carbocycles. The molecular formula is C17H20ClN3O. The molecule has 0 saturated heterocycles. The predicted octanol–water partition coefficient (Wildman–Crippen LogP) is 4.36. The Hall–Kier alpha value is -1.91. The number of hydrogen-bond donors (Lipinski definition) is 1. The van der Waals surface area contributed by atoms with E-state index in [0.29, 0.717) is 11.7 Å². The maximum atomic E-state index is 6.18. The predicted molar refractivity (Wildman–Crippen MR) is 90.9 cm³/mol. The third-order valence-corrected chi connectivity index (χ3v) is 3.67. The summed E-state index contributed by atoms with van der Waals surface area (Å²) in [7, 11) is 0.